The van der Waals surface area contributed by atoms with E-state index in [-0.39, 0.29) is 27.5 Å². The van der Waals surface area contributed by atoms with Gasteiger partial charge in [-0.1, -0.05) is 6.07 Å². The Morgan fingerprint density at radius 1 is 1.25 bits per heavy atom. The molecule has 0 spiro atoms. The number of nitrogens with zero attached hydrogens (tertiary/aromatic N) is 1. The van der Waals surface area contributed by atoms with Crippen LogP contribution in [0.5, 0.6) is 0 Å². The fraction of sp³-hybridized carbons (Fsp3) is 0.643. The van der Waals surface area contributed by atoms with E-state index in [1.54, 1.807) is 11.4 Å². The van der Waals surface area contributed by atoms with E-state index in [1.807, 2.05) is 4.90 Å². The van der Waals surface area contributed by atoms with Crippen molar-refractivity contribution in [1.29, 1.82) is 0 Å². The molecular formula is C14H20N2O5S3. The Balaban J connectivity index is 1.85. The van der Waals surface area contributed by atoms with Crippen molar-refractivity contribution in [1.82, 2.24) is 4.90 Å². The van der Waals surface area contributed by atoms with Gasteiger partial charge in [0.25, 0.3) is 0 Å². The molecule has 0 unspecified atom stereocenters. The molecule has 3 heterocycles. The SMILES string of the molecule is NC(=O)C1CCN([C@H]2CS(=O)(=O)C[C@@H]2S(=O)(=O)c2cccs2)CC1. The molecule has 2 atom stereocenters. The fourth-order valence-electron chi connectivity index (χ4n) is 3.52. The second kappa shape index (κ2) is 6.40. The molecule has 10 heteroatoms. The Morgan fingerprint density at radius 2 is 1.92 bits per heavy atom. The van der Waals surface area contributed by atoms with Crippen LogP contribution in [-0.2, 0) is 24.5 Å². The van der Waals surface area contributed by atoms with E-state index in [0.29, 0.717) is 25.9 Å². The van der Waals surface area contributed by atoms with Crippen LogP contribution >= 0.6 is 11.3 Å². The van der Waals surface area contributed by atoms with Gasteiger partial charge in [0.2, 0.25) is 5.91 Å². The minimum Gasteiger partial charge on any atom is -0.369 e. The molecule has 0 saturated carbocycles. The average molecular weight is 393 g/mol. The Labute approximate surface area is 145 Å². The molecule has 2 aliphatic heterocycles. The molecule has 1 aromatic heterocycles. The fourth-order valence-corrected chi connectivity index (χ4v) is 9.58. The number of primary amides is 1. The maximum Gasteiger partial charge on any atom is 0.220 e. The highest BCUT2D eigenvalue weighted by Gasteiger charge is 2.49. The van der Waals surface area contributed by atoms with Crippen LogP contribution < -0.4 is 5.73 Å². The first kappa shape index (κ1) is 17.8. The maximum absolute atomic E-state index is 12.9. The van der Waals surface area contributed by atoms with Gasteiger partial charge in [-0.05, 0) is 37.4 Å². The third-order valence-electron chi connectivity index (χ3n) is 4.85. The van der Waals surface area contributed by atoms with Crippen molar-refractivity contribution in [3.63, 3.8) is 0 Å². The van der Waals surface area contributed by atoms with Gasteiger partial charge in [-0.25, -0.2) is 16.8 Å². The highest BCUT2D eigenvalue weighted by atomic mass is 32.2. The summed E-state index contributed by atoms with van der Waals surface area (Å²) in [5.41, 5.74) is 5.32. The Kier molecular flexibility index (Phi) is 4.75. The number of hydrogen-bond donors (Lipinski definition) is 1. The second-order valence-electron chi connectivity index (χ2n) is 6.37. The van der Waals surface area contributed by atoms with Crippen LogP contribution in [0.15, 0.2) is 21.7 Å². The van der Waals surface area contributed by atoms with E-state index in [2.05, 4.69) is 0 Å². The molecule has 2 aliphatic rings. The van der Waals surface area contributed by atoms with E-state index >= 15 is 0 Å². The summed E-state index contributed by atoms with van der Waals surface area (Å²) in [5, 5.41) is 0.718. The summed E-state index contributed by atoms with van der Waals surface area (Å²) >= 11 is 1.11. The number of nitrogens with two attached hydrogens (primary N) is 1. The van der Waals surface area contributed by atoms with Crippen molar-refractivity contribution in [3.8, 4) is 0 Å². The van der Waals surface area contributed by atoms with Gasteiger partial charge in [-0.15, -0.1) is 11.3 Å². The maximum atomic E-state index is 12.9. The molecule has 1 amide bonds. The van der Waals surface area contributed by atoms with Gasteiger partial charge in [0.15, 0.2) is 19.7 Å². The summed E-state index contributed by atoms with van der Waals surface area (Å²) in [7, 11) is -7.09. The first-order chi connectivity index (χ1) is 11.2. The summed E-state index contributed by atoms with van der Waals surface area (Å²) in [6.07, 6.45) is 1.08. The van der Waals surface area contributed by atoms with Gasteiger partial charge >= 0.3 is 0 Å². The third-order valence-corrected chi connectivity index (χ3v) is 10.4. The molecule has 2 fully saturated rings. The molecule has 0 aliphatic carbocycles. The molecule has 24 heavy (non-hydrogen) atoms. The Morgan fingerprint density at radius 3 is 2.46 bits per heavy atom. The van der Waals surface area contributed by atoms with E-state index in [9.17, 15) is 21.6 Å². The van der Waals surface area contributed by atoms with Crippen molar-refractivity contribution in [2.75, 3.05) is 24.6 Å². The van der Waals surface area contributed by atoms with Crippen molar-refractivity contribution >= 4 is 36.9 Å². The van der Waals surface area contributed by atoms with Crippen LogP contribution in [-0.4, -0.2) is 63.5 Å². The minimum atomic E-state index is -3.69. The zero-order valence-electron chi connectivity index (χ0n) is 13.0. The van der Waals surface area contributed by atoms with Crippen LogP contribution in [0.25, 0.3) is 0 Å². The molecular weight excluding hydrogens is 372 g/mol. The van der Waals surface area contributed by atoms with E-state index < -0.39 is 31.0 Å². The van der Waals surface area contributed by atoms with Crippen LogP contribution in [0.3, 0.4) is 0 Å². The van der Waals surface area contributed by atoms with Crippen LogP contribution in [0.1, 0.15) is 12.8 Å². The molecule has 0 aromatic carbocycles. The lowest BCUT2D eigenvalue weighted by Gasteiger charge is -2.36. The van der Waals surface area contributed by atoms with E-state index in [4.69, 9.17) is 5.73 Å². The monoisotopic (exact) mass is 392 g/mol. The minimum absolute atomic E-state index is 0.149. The number of sulfone groups is 2. The van der Waals surface area contributed by atoms with E-state index in [1.165, 1.54) is 6.07 Å². The quantitative estimate of drug-likeness (QED) is 0.764. The van der Waals surface area contributed by atoms with Gasteiger partial charge in [-0.3, -0.25) is 9.69 Å². The van der Waals surface area contributed by atoms with Crippen LogP contribution in [0.4, 0.5) is 0 Å². The third kappa shape index (κ3) is 3.37. The summed E-state index contributed by atoms with van der Waals surface area (Å²) in [4.78, 5) is 13.2. The van der Waals surface area contributed by atoms with Gasteiger partial charge in [0.05, 0.1) is 16.8 Å². The number of carbonyl (C=O) groups is 1. The van der Waals surface area contributed by atoms with Crippen LogP contribution in [0, 0.1) is 5.92 Å². The molecule has 7 nitrogen and oxygen atoms in total. The number of thiophene rings is 1. The summed E-state index contributed by atoms with van der Waals surface area (Å²) in [6, 6.07) is 2.60. The normalized spacial score (nSPS) is 28.8. The number of amides is 1. The summed E-state index contributed by atoms with van der Waals surface area (Å²) in [5.74, 6) is -1.06. The van der Waals surface area contributed by atoms with Crippen molar-refractivity contribution in [2.24, 2.45) is 11.7 Å². The van der Waals surface area contributed by atoms with Gasteiger partial charge in [0, 0.05) is 12.0 Å². The molecule has 0 bridgehead atoms. The topological polar surface area (TPSA) is 115 Å². The molecule has 2 N–H and O–H groups in total. The molecule has 1 aromatic rings. The van der Waals surface area contributed by atoms with Crippen LogP contribution in [0.2, 0.25) is 0 Å². The Hall–Kier alpha value is -0.970. The molecule has 3 rings (SSSR count). The van der Waals surface area contributed by atoms with E-state index in [0.717, 1.165) is 11.3 Å². The van der Waals surface area contributed by atoms with Gasteiger partial charge in [0.1, 0.15) is 4.21 Å². The largest absolute Gasteiger partial charge is 0.369 e. The number of piperidine rings is 1. The average Bonchev–Trinajstić information content (AvgIpc) is 3.15. The van der Waals surface area contributed by atoms with Crippen molar-refractivity contribution in [3.05, 3.63) is 17.5 Å². The van der Waals surface area contributed by atoms with Crippen molar-refractivity contribution < 1.29 is 21.6 Å². The smallest absolute Gasteiger partial charge is 0.220 e. The van der Waals surface area contributed by atoms with Crippen molar-refractivity contribution in [2.45, 2.75) is 28.3 Å². The zero-order chi connectivity index (χ0) is 17.5. The lowest BCUT2D eigenvalue weighted by atomic mass is 9.95. The highest BCUT2D eigenvalue weighted by molar-refractivity contribution is 7.97. The lowest BCUT2D eigenvalue weighted by Crippen LogP contribution is -2.50. The van der Waals surface area contributed by atoms with Gasteiger partial charge < -0.3 is 5.73 Å². The molecule has 2 saturated heterocycles. The predicted octanol–water partition coefficient (Wildman–Crippen LogP) is -0.115. The zero-order valence-corrected chi connectivity index (χ0v) is 15.4. The highest BCUT2D eigenvalue weighted by Crippen LogP contribution is 2.32. The first-order valence-electron chi connectivity index (χ1n) is 7.72. The first-order valence-corrected chi connectivity index (χ1v) is 12.0. The Bertz CT molecular complexity index is 809. The second-order valence-corrected chi connectivity index (χ2v) is 11.9. The predicted molar refractivity (Wildman–Crippen MR) is 91.2 cm³/mol. The molecule has 0 radical (unpaired) electrons. The molecule has 134 valence electrons. The summed E-state index contributed by atoms with van der Waals surface area (Å²) < 4.78 is 50.2. The number of likely N-dealkylation sites (tertiary alicyclic amines) is 1. The number of hydrogen-bond acceptors (Lipinski definition) is 7. The standard InChI is InChI=1S/C14H20N2O5S3/c15-14(17)10-3-5-16(6-4-10)11-8-23(18,19)9-12(11)24(20,21)13-2-1-7-22-13/h1-2,7,10-12H,3-6,8-9H2,(H2,15,17)/t11-,12-/m0/s1. The number of rotatable bonds is 4. The van der Waals surface area contributed by atoms with Gasteiger partial charge in [-0.2, -0.15) is 0 Å². The lowest BCUT2D eigenvalue weighted by molar-refractivity contribution is -0.123. The summed E-state index contributed by atoms with van der Waals surface area (Å²) in [6.45, 7) is 0.981. The number of carbonyl (C=O) groups excluding carboxylic acids is 1.